The van der Waals surface area contributed by atoms with Crippen LogP contribution in [-0.2, 0) is 4.79 Å². The summed E-state index contributed by atoms with van der Waals surface area (Å²) in [6.45, 7) is 2.36. The molecule has 1 heterocycles. The van der Waals surface area contributed by atoms with Gasteiger partial charge in [0.1, 0.15) is 28.7 Å². The molecule has 28 heavy (non-hydrogen) atoms. The van der Waals surface area contributed by atoms with Crippen LogP contribution in [0.5, 0.6) is 5.75 Å². The molecule has 1 aliphatic carbocycles. The molecule has 1 saturated carbocycles. The molecule has 4 rings (SSSR count). The van der Waals surface area contributed by atoms with E-state index in [1.165, 1.54) is 24.3 Å². The quantitative estimate of drug-likeness (QED) is 0.623. The number of rotatable bonds is 7. The molecule has 0 radical (unpaired) electrons. The van der Waals surface area contributed by atoms with Gasteiger partial charge in [-0.05, 0) is 73.7 Å². The second-order valence-corrected chi connectivity index (χ2v) is 7.35. The Balaban J connectivity index is 1.24. The van der Waals surface area contributed by atoms with Crippen molar-refractivity contribution in [1.82, 2.24) is 5.32 Å². The van der Waals surface area contributed by atoms with Crippen molar-refractivity contribution in [3.63, 3.8) is 0 Å². The van der Waals surface area contributed by atoms with Crippen LogP contribution in [0, 0.1) is 23.5 Å². The maximum absolute atomic E-state index is 13.3. The molecule has 1 fully saturated rings. The highest BCUT2D eigenvalue weighted by Crippen LogP contribution is 2.41. The van der Waals surface area contributed by atoms with E-state index in [2.05, 4.69) is 5.32 Å². The number of hydrogen-bond acceptors (Lipinski definition) is 3. The monoisotopic (exact) mass is 385 g/mol. The first-order valence-corrected chi connectivity index (χ1v) is 9.34. The van der Waals surface area contributed by atoms with E-state index in [9.17, 15) is 13.6 Å². The van der Waals surface area contributed by atoms with Crippen LogP contribution in [0.4, 0.5) is 8.78 Å². The molecule has 6 heteroatoms. The van der Waals surface area contributed by atoms with E-state index in [-0.39, 0.29) is 29.5 Å². The third-order valence-corrected chi connectivity index (χ3v) is 5.10. The predicted molar refractivity (Wildman–Crippen MR) is 101 cm³/mol. The fourth-order valence-electron chi connectivity index (χ4n) is 3.36. The van der Waals surface area contributed by atoms with Gasteiger partial charge in [-0.15, -0.1) is 0 Å². The van der Waals surface area contributed by atoms with Crippen LogP contribution in [0.15, 0.2) is 52.9 Å². The maximum Gasteiger partial charge on any atom is 0.220 e. The van der Waals surface area contributed by atoms with Gasteiger partial charge in [0, 0.05) is 11.8 Å². The van der Waals surface area contributed by atoms with Gasteiger partial charge in [0.25, 0.3) is 0 Å². The number of hydrogen-bond donors (Lipinski definition) is 1. The van der Waals surface area contributed by atoms with Crippen molar-refractivity contribution in [3.8, 4) is 5.75 Å². The Morgan fingerprint density at radius 1 is 1.14 bits per heavy atom. The van der Waals surface area contributed by atoms with Gasteiger partial charge in [-0.3, -0.25) is 4.79 Å². The second-order valence-electron chi connectivity index (χ2n) is 7.35. The molecule has 1 amide bonds. The van der Waals surface area contributed by atoms with Crippen LogP contribution in [-0.4, -0.2) is 12.5 Å². The Morgan fingerprint density at radius 3 is 2.68 bits per heavy atom. The van der Waals surface area contributed by atoms with Crippen molar-refractivity contribution in [2.75, 3.05) is 6.61 Å². The maximum atomic E-state index is 13.3. The van der Waals surface area contributed by atoms with E-state index in [1.807, 2.05) is 6.92 Å². The van der Waals surface area contributed by atoms with E-state index < -0.39 is 0 Å². The molecule has 3 aromatic rings. The summed E-state index contributed by atoms with van der Waals surface area (Å²) in [6.07, 6.45) is 1.36. The number of carbonyl (C=O) groups is 1. The number of amides is 1. The minimum absolute atomic E-state index is 0.0478. The molecular weight excluding hydrogens is 364 g/mol. The molecular formula is C22H21F2NO3. The molecule has 2 aromatic carbocycles. The van der Waals surface area contributed by atoms with Gasteiger partial charge >= 0.3 is 0 Å². The Labute approximate surface area is 161 Å². The number of ether oxygens (including phenoxy) is 1. The molecule has 0 spiro atoms. The van der Waals surface area contributed by atoms with E-state index in [1.54, 1.807) is 24.3 Å². The van der Waals surface area contributed by atoms with Crippen LogP contribution < -0.4 is 10.1 Å². The number of nitrogens with one attached hydrogen (secondary N) is 1. The average molecular weight is 385 g/mol. The summed E-state index contributed by atoms with van der Waals surface area (Å²) < 4.78 is 37.5. The molecule has 0 saturated heterocycles. The Bertz CT molecular complexity index is 983. The van der Waals surface area contributed by atoms with Gasteiger partial charge in [-0.1, -0.05) is 0 Å². The van der Waals surface area contributed by atoms with Gasteiger partial charge < -0.3 is 14.5 Å². The lowest BCUT2D eigenvalue weighted by Gasteiger charge is -2.11. The lowest BCUT2D eigenvalue weighted by atomic mass is 10.2. The highest BCUT2D eigenvalue weighted by atomic mass is 19.1. The second kappa shape index (κ2) is 7.62. The van der Waals surface area contributed by atoms with E-state index in [0.29, 0.717) is 41.4 Å². The number of carbonyl (C=O) groups excluding carboxylic acids is 1. The SMILES string of the molecule is C[C@@H](NC(=O)C[C@H]1C[C@H]1COc1ccc(F)cc1)c1cc2cc(F)ccc2o1. The van der Waals surface area contributed by atoms with E-state index in [0.717, 1.165) is 6.42 Å². The Morgan fingerprint density at radius 2 is 1.89 bits per heavy atom. The third-order valence-electron chi connectivity index (χ3n) is 5.10. The summed E-state index contributed by atoms with van der Waals surface area (Å²) in [5, 5.41) is 3.61. The molecule has 1 aromatic heterocycles. The summed E-state index contributed by atoms with van der Waals surface area (Å²) in [4.78, 5) is 12.3. The first-order valence-electron chi connectivity index (χ1n) is 9.34. The van der Waals surface area contributed by atoms with Crippen molar-refractivity contribution in [2.24, 2.45) is 11.8 Å². The van der Waals surface area contributed by atoms with Crippen molar-refractivity contribution < 1.29 is 22.7 Å². The van der Waals surface area contributed by atoms with Crippen molar-refractivity contribution >= 4 is 16.9 Å². The molecule has 3 atom stereocenters. The van der Waals surface area contributed by atoms with Crippen LogP contribution in [0.3, 0.4) is 0 Å². The van der Waals surface area contributed by atoms with Crippen LogP contribution in [0.1, 0.15) is 31.6 Å². The highest BCUT2D eigenvalue weighted by Gasteiger charge is 2.39. The lowest BCUT2D eigenvalue weighted by Crippen LogP contribution is -2.26. The van der Waals surface area contributed by atoms with Gasteiger partial charge in [0.2, 0.25) is 5.91 Å². The van der Waals surface area contributed by atoms with E-state index >= 15 is 0 Å². The van der Waals surface area contributed by atoms with Crippen molar-refractivity contribution in [2.45, 2.75) is 25.8 Å². The van der Waals surface area contributed by atoms with Gasteiger partial charge in [-0.2, -0.15) is 0 Å². The topological polar surface area (TPSA) is 51.5 Å². The van der Waals surface area contributed by atoms with Gasteiger partial charge in [-0.25, -0.2) is 8.78 Å². The third kappa shape index (κ3) is 4.32. The van der Waals surface area contributed by atoms with E-state index in [4.69, 9.17) is 9.15 Å². The highest BCUT2D eigenvalue weighted by molar-refractivity contribution is 5.79. The van der Waals surface area contributed by atoms with Crippen molar-refractivity contribution in [1.29, 1.82) is 0 Å². The fraction of sp³-hybridized carbons (Fsp3) is 0.318. The number of furan rings is 1. The largest absolute Gasteiger partial charge is 0.493 e. The Hall–Kier alpha value is -2.89. The normalized spacial score (nSPS) is 19.4. The average Bonchev–Trinajstić information content (AvgIpc) is 3.25. The first kappa shape index (κ1) is 18.5. The summed E-state index contributed by atoms with van der Waals surface area (Å²) >= 11 is 0. The predicted octanol–water partition coefficient (Wildman–Crippen LogP) is 4.99. The van der Waals surface area contributed by atoms with Crippen LogP contribution in [0.25, 0.3) is 11.0 Å². The zero-order valence-corrected chi connectivity index (χ0v) is 15.5. The zero-order valence-electron chi connectivity index (χ0n) is 15.5. The molecule has 1 N–H and O–H groups in total. The summed E-state index contributed by atoms with van der Waals surface area (Å²) in [6, 6.07) is 11.7. The zero-order chi connectivity index (χ0) is 19.7. The Kier molecular flexibility index (Phi) is 5.03. The van der Waals surface area contributed by atoms with Crippen LogP contribution in [0.2, 0.25) is 0 Å². The smallest absolute Gasteiger partial charge is 0.220 e. The molecule has 0 bridgehead atoms. The molecule has 146 valence electrons. The first-order chi connectivity index (χ1) is 13.5. The summed E-state index contributed by atoms with van der Waals surface area (Å²) in [5.41, 5.74) is 0.595. The minimum atomic E-state index is -0.320. The standard InChI is InChI=1S/C22H21F2NO3/c1-13(21-10-15-9-18(24)4-7-20(15)28-21)25-22(26)11-14-8-16(14)12-27-19-5-2-17(23)3-6-19/h2-7,9-10,13-14,16H,8,11-12H2,1H3,(H,25,26)/t13-,14-,16+/m1/s1. The van der Waals surface area contributed by atoms with Gasteiger partial charge in [0.05, 0.1) is 12.6 Å². The number of fused-ring (bicyclic) bond motifs is 1. The molecule has 0 unspecified atom stereocenters. The molecule has 4 nitrogen and oxygen atoms in total. The molecule has 0 aliphatic heterocycles. The summed E-state index contributed by atoms with van der Waals surface area (Å²) in [5.74, 6) is 1.19. The van der Waals surface area contributed by atoms with Crippen molar-refractivity contribution in [3.05, 3.63) is 65.9 Å². The minimum Gasteiger partial charge on any atom is -0.493 e. The lowest BCUT2D eigenvalue weighted by molar-refractivity contribution is -0.122. The summed E-state index contributed by atoms with van der Waals surface area (Å²) in [7, 11) is 0. The fourth-order valence-corrected chi connectivity index (χ4v) is 3.36. The van der Waals surface area contributed by atoms with Gasteiger partial charge in [0.15, 0.2) is 0 Å². The van der Waals surface area contributed by atoms with Crippen LogP contribution >= 0.6 is 0 Å². The number of benzene rings is 2. The number of halogens is 2. The molecule has 1 aliphatic rings.